The minimum absolute atomic E-state index is 0.283. The zero-order valence-electron chi connectivity index (χ0n) is 10.5. The van der Waals surface area contributed by atoms with Crippen molar-refractivity contribution in [2.75, 3.05) is 33.7 Å². The Morgan fingerprint density at radius 2 is 2.13 bits per heavy atom. The average Bonchev–Trinajstić information content (AvgIpc) is 2.17. The van der Waals surface area contributed by atoms with Crippen LogP contribution in [-0.2, 0) is 4.79 Å². The second-order valence-electron chi connectivity index (χ2n) is 5.22. The third-order valence-corrected chi connectivity index (χ3v) is 3.20. The van der Waals surface area contributed by atoms with Crippen molar-refractivity contribution in [1.29, 1.82) is 0 Å². The fraction of sp³-hybridized carbons (Fsp3) is 0.917. The minimum Gasteiger partial charge on any atom is -0.341 e. The Kier molecular flexibility index (Phi) is 4.58. The molecule has 0 aromatic heterocycles. The number of nitrogens with zero attached hydrogens (tertiary/aromatic N) is 2. The number of carbonyl (C=O) groups excluding carboxylic acids is 1. The van der Waals surface area contributed by atoms with E-state index in [4.69, 9.17) is 0 Å². The number of hydrogen-bond acceptors (Lipinski definition) is 2. The number of amides is 1. The fourth-order valence-electron chi connectivity index (χ4n) is 2.15. The lowest BCUT2D eigenvalue weighted by molar-refractivity contribution is -0.133. The normalized spacial score (nSPS) is 22.5. The molecule has 1 heterocycles. The summed E-state index contributed by atoms with van der Waals surface area (Å²) in [5.74, 6) is 1.68. The third kappa shape index (κ3) is 3.82. The van der Waals surface area contributed by atoms with Crippen LogP contribution in [0.2, 0.25) is 0 Å². The first-order valence-corrected chi connectivity index (χ1v) is 5.93. The summed E-state index contributed by atoms with van der Waals surface area (Å²) in [6.45, 7) is 6.97. The molecule has 0 saturated carbocycles. The summed E-state index contributed by atoms with van der Waals surface area (Å²) < 4.78 is 0. The van der Waals surface area contributed by atoms with Crippen LogP contribution in [0.15, 0.2) is 0 Å². The molecule has 0 N–H and O–H groups in total. The maximum absolute atomic E-state index is 11.9. The molecule has 3 nitrogen and oxygen atoms in total. The van der Waals surface area contributed by atoms with Crippen LogP contribution in [0.25, 0.3) is 0 Å². The first kappa shape index (κ1) is 12.5. The summed E-state index contributed by atoms with van der Waals surface area (Å²) in [5, 5.41) is 0. The van der Waals surface area contributed by atoms with Gasteiger partial charge in [-0.05, 0) is 38.8 Å². The van der Waals surface area contributed by atoms with Crippen molar-refractivity contribution in [3.05, 3.63) is 0 Å². The molecule has 0 bridgehead atoms. The second-order valence-corrected chi connectivity index (χ2v) is 5.22. The highest BCUT2D eigenvalue weighted by Gasteiger charge is 2.25. The smallest absolute Gasteiger partial charge is 0.236 e. The molecule has 1 rings (SSSR count). The topological polar surface area (TPSA) is 23.6 Å². The van der Waals surface area contributed by atoms with Crippen LogP contribution < -0.4 is 0 Å². The lowest BCUT2D eigenvalue weighted by Gasteiger charge is -2.35. The molecule has 0 aromatic rings. The fourth-order valence-corrected chi connectivity index (χ4v) is 2.15. The van der Waals surface area contributed by atoms with E-state index >= 15 is 0 Å². The van der Waals surface area contributed by atoms with Gasteiger partial charge in [0, 0.05) is 13.1 Å². The van der Waals surface area contributed by atoms with E-state index < -0.39 is 0 Å². The molecule has 88 valence electrons. The van der Waals surface area contributed by atoms with Crippen molar-refractivity contribution in [2.24, 2.45) is 11.8 Å². The van der Waals surface area contributed by atoms with Gasteiger partial charge in [0.1, 0.15) is 0 Å². The molecule has 1 atom stereocenters. The molecular weight excluding hydrogens is 188 g/mol. The van der Waals surface area contributed by atoms with Gasteiger partial charge in [0.25, 0.3) is 0 Å². The summed E-state index contributed by atoms with van der Waals surface area (Å²) in [6.07, 6.45) is 2.45. The van der Waals surface area contributed by atoms with Gasteiger partial charge in [0.15, 0.2) is 0 Å². The Morgan fingerprint density at radius 1 is 1.47 bits per heavy atom. The lowest BCUT2D eigenvalue weighted by Crippen LogP contribution is -2.44. The Hall–Kier alpha value is -0.570. The van der Waals surface area contributed by atoms with Gasteiger partial charge in [0.05, 0.1) is 6.54 Å². The average molecular weight is 212 g/mol. The third-order valence-electron chi connectivity index (χ3n) is 3.20. The maximum atomic E-state index is 11.9. The van der Waals surface area contributed by atoms with Crippen LogP contribution in [0, 0.1) is 11.8 Å². The van der Waals surface area contributed by atoms with Crippen LogP contribution in [0.4, 0.5) is 0 Å². The quantitative estimate of drug-likeness (QED) is 0.707. The molecule has 1 aliphatic heterocycles. The molecule has 15 heavy (non-hydrogen) atoms. The molecule has 0 aliphatic carbocycles. The molecular formula is C12H24N2O. The molecule has 1 saturated heterocycles. The highest BCUT2D eigenvalue weighted by Crippen LogP contribution is 2.23. The van der Waals surface area contributed by atoms with Crippen molar-refractivity contribution in [1.82, 2.24) is 9.80 Å². The summed E-state index contributed by atoms with van der Waals surface area (Å²) in [6, 6.07) is 0. The van der Waals surface area contributed by atoms with Gasteiger partial charge in [0.2, 0.25) is 5.91 Å². The van der Waals surface area contributed by atoms with Crippen LogP contribution in [-0.4, -0.2) is 49.4 Å². The molecule has 1 amide bonds. The van der Waals surface area contributed by atoms with Crippen molar-refractivity contribution in [3.8, 4) is 0 Å². The summed E-state index contributed by atoms with van der Waals surface area (Å²) in [5.41, 5.74) is 0. The first-order chi connectivity index (χ1) is 7.00. The predicted octanol–water partition coefficient (Wildman–Crippen LogP) is 1.44. The van der Waals surface area contributed by atoms with Crippen LogP contribution in [0.1, 0.15) is 26.7 Å². The zero-order chi connectivity index (χ0) is 11.4. The van der Waals surface area contributed by atoms with E-state index in [1.165, 1.54) is 12.8 Å². The molecule has 0 spiro atoms. The van der Waals surface area contributed by atoms with Gasteiger partial charge >= 0.3 is 0 Å². The molecule has 0 aromatic carbocycles. The zero-order valence-corrected chi connectivity index (χ0v) is 10.5. The maximum Gasteiger partial charge on any atom is 0.236 e. The first-order valence-electron chi connectivity index (χ1n) is 5.93. The number of likely N-dealkylation sites (tertiary alicyclic amines) is 1. The van der Waals surface area contributed by atoms with Gasteiger partial charge in [-0.25, -0.2) is 0 Å². The second kappa shape index (κ2) is 5.50. The highest BCUT2D eigenvalue weighted by molar-refractivity contribution is 5.78. The standard InChI is InChI=1S/C12H24N2O/c1-10(2)11-6-5-7-14(8-11)12(15)9-13(3)4/h10-11H,5-9H2,1-4H3. The number of hydrogen-bond donors (Lipinski definition) is 0. The summed E-state index contributed by atoms with van der Waals surface area (Å²) in [7, 11) is 3.89. The van der Waals surface area contributed by atoms with E-state index in [9.17, 15) is 4.79 Å². The van der Waals surface area contributed by atoms with Gasteiger partial charge in [-0.15, -0.1) is 0 Å². The van der Waals surface area contributed by atoms with E-state index in [-0.39, 0.29) is 5.91 Å². The number of rotatable bonds is 3. The summed E-state index contributed by atoms with van der Waals surface area (Å²) >= 11 is 0. The largest absolute Gasteiger partial charge is 0.341 e. The molecule has 1 fully saturated rings. The van der Waals surface area contributed by atoms with Crippen molar-refractivity contribution in [3.63, 3.8) is 0 Å². The Labute approximate surface area is 93.4 Å². The number of likely N-dealkylation sites (N-methyl/N-ethyl adjacent to an activating group) is 1. The SMILES string of the molecule is CC(C)C1CCCN(C(=O)CN(C)C)C1. The van der Waals surface area contributed by atoms with Gasteiger partial charge in [-0.3, -0.25) is 4.79 Å². The van der Waals surface area contributed by atoms with Gasteiger partial charge in [-0.2, -0.15) is 0 Å². The van der Waals surface area contributed by atoms with Gasteiger partial charge in [-0.1, -0.05) is 13.8 Å². The van der Waals surface area contributed by atoms with Gasteiger partial charge < -0.3 is 9.80 Å². The van der Waals surface area contributed by atoms with E-state index in [2.05, 4.69) is 13.8 Å². The monoisotopic (exact) mass is 212 g/mol. The van der Waals surface area contributed by atoms with Crippen molar-refractivity contribution in [2.45, 2.75) is 26.7 Å². The predicted molar refractivity (Wildman–Crippen MR) is 62.7 cm³/mol. The molecule has 0 radical (unpaired) electrons. The van der Waals surface area contributed by atoms with E-state index in [0.29, 0.717) is 18.4 Å². The molecule has 1 aliphatic rings. The molecule has 3 heteroatoms. The van der Waals surface area contributed by atoms with E-state index in [1.54, 1.807) is 0 Å². The van der Waals surface area contributed by atoms with Crippen LogP contribution in [0.5, 0.6) is 0 Å². The van der Waals surface area contributed by atoms with Crippen LogP contribution in [0.3, 0.4) is 0 Å². The van der Waals surface area contributed by atoms with E-state index in [1.807, 2.05) is 23.9 Å². The summed E-state index contributed by atoms with van der Waals surface area (Å²) in [4.78, 5) is 15.8. The van der Waals surface area contributed by atoms with Crippen molar-refractivity contribution < 1.29 is 4.79 Å². The Morgan fingerprint density at radius 3 is 2.67 bits per heavy atom. The number of carbonyl (C=O) groups is 1. The van der Waals surface area contributed by atoms with Crippen LogP contribution >= 0.6 is 0 Å². The Balaban J connectivity index is 2.45. The lowest BCUT2D eigenvalue weighted by atomic mass is 9.88. The molecule has 1 unspecified atom stereocenters. The van der Waals surface area contributed by atoms with E-state index in [0.717, 1.165) is 13.1 Å². The highest BCUT2D eigenvalue weighted by atomic mass is 16.2. The number of piperidine rings is 1. The minimum atomic E-state index is 0.283. The van der Waals surface area contributed by atoms with Crippen molar-refractivity contribution >= 4 is 5.91 Å². The Bertz CT molecular complexity index is 214.